The number of nitrogens with zero attached hydrogens (tertiary/aromatic N) is 1. The smallest absolute Gasteiger partial charge is 0.268 e. The average Bonchev–Trinajstić information content (AvgIpc) is 2.98. The summed E-state index contributed by atoms with van der Waals surface area (Å²) in [6.45, 7) is 0. The molecular formula is C14H11BrN2O. The zero-order chi connectivity index (χ0) is 12.3. The molecule has 90 valence electrons. The maximum Gasteiger partial charge on any atom is 0.268 e. The van der Waals surface area contributed by atoms with Crippen molar-refractivity contribution >= 4 is 21.8 Å². The van der Waals surface area contributed by atoms with Crippen molar-refractivity contribution in [2.24, 2.45) is 0 Å². The van der Waals surface area contributed by atoms with Gasteiger partial charge < -0.3 is 9.88 Å². The topological polar surface area (TPSA) is 34.0 Å². The Morgan fingerprint density at radius 1 is 1.22 bits per heavy atom. The summed E-state index contributed by atoms with van der Waals surface area (Å²) in [5.74, 6) is 0.0144. The van der Waals surface area contributed by atoms with E-state index >= 15 is 0 Å². The van der Waals surface area contributed by atoms with Crippen molar-refractivity contribution in [2.45, 2.75) is 18.4 Å². The van der Waals surface area contributed by atoms with Crippen LogP contribution in [0.25, 0.3) is 5.69 Å². The van der Waals surface area contributed by atoms with Crippen LogP contribution in [0.4, 0.5) is 0 Å². The van der Waals surface area contributed by atoms with Gasteiger partial charge in [-0.2, -0.15) is 0 Å². The van der Waals surface area contributed by atoms with Crippen LogP contribution in [0.3, 0.4) is 0 Å². The lowest BCUT2D eigenvalue weighted by Crippen LogP contribution is -2.33. The van der Waals surface area contributed by atoms with Gasteiger partial charge >= 0.3 is 0 Å². The molecule has 1 aromatic carbocycles. The standard InChI is InChI=1S/C14H11BrN2O/c15-10-4-1-3-9-12(10)17-8-2-5-11(17)13(18)16-14(9)6-7-14/h1-5,8H,6-7H2,(H,16,18). The number of para-hydroxylation sites is 1. The fourth-order valence-electron chi connectivity index (χ4n) is 2.78. The first-order chi connectivity index (χ1) is 8.71. The number of nitrogens with one attached hydrogen (secondary N) is 1. The highest BCUT2D eigenvalue weighted by Crippen LogP contribution is 2.50. The maximum absolute atomic E-state index is 12.3. The molecule has 2 aromatic rings. The zero-order valence-corrected chi connectivity index (χ0v) is 11.2. The molecule has 1 aliphatic heterocycles. The van der Waals surface area contributed by atoms with Crippen molar-refractivity contribution in [3.63, 3.8) is 0 Å². The molecule has 1 aromatic heterocycles. The molecule has 0 bridgehead atoms. The van der Waals surface area contributed by atoms with E-state index in [-0.39, 0.29) is 11.4 Å². The number of amides is 1. The van der Waals surface area contributed by atoms with Crippen LogP contribution in [0.5, 0.6) is 0 Å². The van der Waals surface area contributed by atoms with Crippen molar-refractivity contribution in [1.29, 1.82) is 0 Å². The highest BCUT2D eigenvalue weighted by molar-refractivity contribution is 9.10. The average molecular weight is 303 g/mol. The summed E-state index contributed by atoms with van der Waals surface area (Å²) in [4.78, 5) is 12.3. The van der Waals surface area contributed by atoms with Crippen LogP contribution in [0.1, 0.15) is 28.9 Å². The predicted octanol–water partition coefficient (Wildman–Crippen LogP) is 2.97. The normalized spacial score (nSPS) is 18.8. The molecule has 2 aliphatic rings. The number of aromatic nitrogens is 1. The Morgan fingerprint density at radius 2 is 2.06 bits per heavy atom. The summed E-state index contributed by atoms with van der Waals surface area (Å²) >= 11 is 3.61. The summed E-state index contributed by atoms with van der Waals surface area (Å²) in [5, 5.41) is 3.17. The van der Waals surface area contributed by atoms with E-state index in [4.69, 9.17) is 0 Å². The van der Waals surface area contributed by atoms with Crippen molar-refractivity contribution < 1.29 is 4.79 Å². The van der Waals surface area contributed by atoms with Crippen LogP contribution in [-0.2, 0) is 5.54 Å². The summed E-state index contributed by atoms with van der Waals surface area (Å²) in [5.41, 5.74) is 2.86. The van der Waals surface area contributed by atoms with Crippen LogP contribution >= 0.6 is 15.9 Å². The first-order valence-corrected chi connectivity index (χ1v) is 6.80. The van der Waals surface area contributed by atoms with E-state index in [2.05, 4.69) is 27.3 Å². The largest absolute Gasteiger partial charge is 0.341 e. The summed E-state index contributed by atoms with van der Waals surface area (Å²) in [7, 11) is 0. The molecule has 1 N–H and O–H groups in total. The minimum Gasteiger partial charge on any atom is -0.341 e. The summed E-state index contributed by atoms with van der Waals surface area (Å²) in [6.07, 6.45) is 3.99. The first-order valence-electron chi connectivity index (χ1n) is 6.00. The highest BCUT2D eigenvalue weighted by atomic mass is 79.9. The Labute approximate surface area is 113 Å². The summed E-state index contributed by atoms with van der Waals surface area (Å²) in [6, 6.07) is 9.93. The Morgan fingerprint density at radius 3 is 2.83 bits per heavy atom. The number of carbonyl (C=O) groups is 1. The van der Waals surface area contributed by atoms with Gasteiger partial charge in [-0.15, -0.1) is 0 Å². The van der Waals surface area contributed by atoms with E-state index < -0.39 is 0 Å². The number of carbonyl (C=O) groups excluding carboxylic acids is 1. The van der Waals surface area contributed by atoms with E-state index in [0.717, 1.165) is 23.0 Å². The van der Waals surface area contributed by atoms with Crippen LogP contribution < -0.4 is 5.32 Å². The summed E-state index contributed by atoms with van der Waals surface area (Å²) < 4.78 is 3.00. The first kappa shape index (κ1) is 10.4. The molecule has 1 fully saturated rings. The Kier molecular flexibility index (Phi) is 1.88. The number of fused-ring (bicyclic) bond motifs is 4. The minimum atomic E-state index is -0.144. The van der Waals surface area contributed by atoms with Gasteiger partial charge in [-0.3, -0.25) is 4.79 Å². The van der Waals surface area contributed by atoms with Crippen LogP contribution in [0, 0.1) is 0 Å². The van der Waals surface area contributed by atoms with E-state index in [9.17, 15) is 4.79 Å². The molecule has 3 nitrogen and oxygen atoms in total. The molecular weight excluding hydrogens is 292 g/mol. The van der Waals surface area contributed by atoms with Gasteiger partial charge in [-0.1, -0.05) is 12.1 Å². The molecule has 2 heterocycles. The number of hydrogen-bond donors (Lipinski definition) is 1. The minimum absolute atomic E-state index is 0.0144. The van der Waals surface area contributed by atoms with E-state index in [0.29, 0.717) is 5.69 Å². The third-order valence-corrected chi connectivity index (χ3v) is 4.47. The van der Waals surface area contributed by atoms with E-state index in [1.807, 2.05) is 35.0 Å². The molecule has 0 atom stereocenters. The van der Waals surface area contributed by atoms with Crippen LogP contribution in [-0.4, -0.2) is 10.5 Å². The van der Waals surface area contributed by atoms with Crippen molar-refractivity contribution in [2.75, 3.05) is 0 Å². The Hall–Kier alpha value is -1.55. The quantitative estimate of drug-likeness (QED) is 0.797. The zero-order valence-electron chi connectivity index (χ0n) is 9.61. The number of rotatable bonds is 0. The van der Waals surface area contributed by atoms with Gasteiger partial charge in [-0.25, -0.2) is 0 Å². The lowest BCUT2D eigenvalue weighted by atomic mass is 10.0. The van der Waals surface area contributed by atoms with Crippen molar-refractivity contribution in [1.82, 2.24) is 9.88 Å². The fourth-order valence-corrected chi connectivity index (χ4v) is 3.33. The Bertz CT molecular complexity index is 670. The lowest BCUT2D eigenvalue weighted by molar-refractivity contribution is 0.0927. The second kappa shape index (κ2) is 3.26. The van der Waals surface area contributed by atoms with Crippen LogP contribution in [0.2, 0.25) is 0 Å². The molecule has 0 saturated heterocycles. The second-order valence-electron chi connectivity index (χ2n) is 4.94. The second-order valence-corrected chi connectivity index (χ2v) is 5.79. The third kappa shape index (κ3) is 1.21. The van der Waals surface area contributed by atoms with Gasteiger partial charge in [0.1, 0.15) is 5.69 Å². The molecule has 4 rings (SSSR count). The molecule has 4 heteroatoms. The van der Waals surface area contributed by atoms with Crippen LogP contribution in [0.15, 0.2) is 41.0 Å². The van der Waals surface area contributed by atoms with E-state index in [1.54, 1.807) is 0 Å². The Balaban J connectivity index is 2.10. The molecule has 1 aliphatic carbocycles. The molecule has 18 heavy (non-hydrogen) atoms. The van der Waals surface area contributed by atoms with Gasteiger partial charge in [0.2, 0.25) is 0 Å². The lowest BCUT2D eigenvalue weighted by Gasteiger charge is -2.18. The van der Waals surface area contributed by atoms with Crippen molar-refractivity contribution in [3.05, 3.63) is 52.3 Å². The number of halogens is 1. The van der Waals surface area contributed by atoms with Gasteiger partial charge in [0.15, 0.2) is 0 Å². The van der Waals surface area contributed by atoms with Crippen molar-refractivity contribution in [3.8, 4) is 5.69 Å². The number of benzene rings is 1. The molecule has 1 spiro atoms. The van der Waals surface area contributed by atoms with Gasteiger partial charge in [-0.05, 0) is 47.0 Å². The third-order valence-electron chi connectivity index (χ3n) is 3.83. The van der Waals surface area contributed by atoms with Gasteiger partial charge in [0.05, 0.1) is 11.2 Å². The van der Waals surface area contributed by atoms with Gasteiger partial charge in [0, 0.05) is 16.2 Å². The number of hydrogen-bond acceptors (Lipinski definition) is 1. The molecule has 0 unspecified atom stereocenters. The predicted molar refractivity (Wildman–Crippen MR) is 71.8 cm³/mol. The molecule has 1 amide bonds. The molecule has 1 saturated carbocycles. The van der Waals surface area contributed by atoms with E-state index in [1.165, 1.54) is 5.56 Å². The SMILES string of the molecule is O=C1NC2(CC2)c2cccc(Br)c2-n2cccc21. The maximum atomic E-state index is 12.3. The molecule has 0 radical (unpaired) electrons. The highest BCUT2D eigenvalue weighted by Gasteiger charge is 2.49. The fraction of sp³-hybridized carbons (Fsp3) is 0.214. The monoisotopic (exact) mass is 302 g/mol. The van der Waals surface area contributed by atoms with Gasteiger partial charge in [0.25, 0.3) is 5.91 Å².